The quantitative estimate of drug-likeness (QED) is 0.280. The van der Waals surface area contributed by atoms with Crippen molar-refractivity contribution in [2.75, 3.05) is 19.1 Å². The molecule has 1 heterocycles. The standard InChI is InChI=1S/C30H23NO6/c1-34-25-16-13-20(17-27(25)35-2)18-28-29(32)24-15-14-23(19-26(24)37-28)36-30(33)31(21-9-5-3-6-10-21)22-11-7-4-8-12-22/h3-19H,1-2H3. The zero-order valence-electron chi connectivity index (χ0n) is 20.2. The fraction of sp³-hybridized carbons (Fsp3) is 0.0667. The Bertz CT molecular complexity index is 1440. The van der Waals surface area contributed by atoms with Crippen LogP contribution in [0.2, 0.25) is 0 Å². The SMILES string of the molecule is COc1ccc(C=C2Oc3cc(OC(=O)N(c4ccccc4)c4ccccc4)ccc3C2=O)cc1OC. The second-order valence-electron chi connectivity index (χ2n) is 8.09. The molecule has 0 aliphatic carbocycles. The van der Waals surface area contributed by atoms with E-state index in [1.165, 1.54) is 11.0 Å². The lowest BCUT2D eigenvalue weighted by Crippen LogP contribution is -2.29. The van der Waals surface area contributed by atoms with Crippen molar-refractivity contribution < 1.29 is 28.5 Å². The first kappa shape index (κ1) is 23.7. The Balaban J connectivity index is 1.39. The van der Waals surface area contributed by atoms with Crippen LogP contribution in [0.3, 0.4) is 0 Å². The van der Waals surface area contributed by atoms with Crippen molar-refractivity contribution in [1.29, 1.82) is 0 Å². The van der Waals surface area contributed by atoms with Crippen molar-refractivity contribution in [1.82, 2.24) is 0 Å². The largest absolute Gasteiger partial charge is 0.493 e. The van der Waals surface area contributed by atoms with Crippen LogP contribution in [0.4, 0.5) is 16.2 Å². The summed E-state index contributed by atoms with van der Waals surface area (Å²) in [4.78, 5) is 27.7. The number of Topliss-reactive ketones (excluding diaryl/α,β-unsaturated/α-hetero) is 1. The first-order chi connectivity index (χ1) is 18.1. The lowest BCUT2D eigenvalue weighted by atomic mass is 10.1. The normalized spacial score (nSPS) is 13.0. The average Bonchev–Trinajstić information content (AvgIpc) is 3.24. The average molecular weight is 494 g/mol. The minimum atomic E-state index is -0.595. The molecule has 1 amide bonds. The predicted octanol–water partition coefficient (Wildman–Crippen LogP) is 6.66. The number of anilines is 2. The molecular weight excluding hydrogens is 470 g/mol. The van der Waals surface area contributed by atoms with Gasteiger partial charge in [0.25, 0.3) is 0 Å². The van der Waals surface area contributed by atoms with Crippen molar-refractivity contribution in [2.24, 2.45) is 0 Å². The monoisotopic (exact) mass is 493 g/mol. The third-order valence-corrected chi connectivity index (χ3v) is 5.76. The second kappa shape index (κ2) is 10.3. The summed E-state index contributed by atoms with van der Waals surface area (Å²) in [6, 6.07) is 28.4. The van der Waals surface area contributed by atoms with Gasteiger partial charge in [0, 0.05) is 6.07 Å². The smallest absolute Gasteiger partial charge is 0.424 e. The van der Waals surface area contributed by atoms with E-state index in [4.69, 9.17) is 18.9 Å². The molecule has 1 aliphatic heterocycles. The number of amides is 1. The maximum Gasteiger partial charge on any atom is 0.424 e. The lowest BCUT2D eigenvalue weighted by molar-refractivity contribution is 0.101. The highest BCUT2D eigenvalue weighted by Crippen LogP contribution is 2.36. The topological polar surface area (TPSA) is 74.3 Å². The van der Waals surface area contributed by atoms with Crippen molar-refractivity contribution in [2.45, 2.75) is 0 Å². The van der Waals surface area contributed by atoms with Gasteiger partial charge in [-0.3, -0.25) is 4.79 Å². The second-order valence-corrected chi connectivity index (χ2v) is 8.09. The molecule has 0 aromatic heterocycles. The van der Waals surface area contributed by atoms with E-state index < -0.39 is 6.09 Å². The molecule has 4 aromatic rings. The van der Waals surface area contributed by atoms with E-state index >= 15 is 0 Å². The molecule has 4 aromatic carbocycles. The number of hydrogen-bond acceptors (Lipinski definition) is 6. The Morgan fingerprint density at radius 1 is 0.784 bits per heavy atom. The summed E-state index contributed by atoms with van der Waals surface area (Å²) < 4.78 is 22.1. The Labute approximate surface area is 214 Å². The highest BCUT2D eigenvalue weighted by Gasteiger charge is 2.29. The number of ether oxygens (including phenoxy) is 4. The molecule has 5 rings (SSSR count). The van der Waals surface area contributed by atoms with E-state index in [1.54, 1.807) is 50.6 Å². The van der Waals surface area contributed by atoms with Gasteiger partial charge >= 0.3 is 6.09 Å². The molecule has 7 heteroatoms. The summed E-state index contributed by atoms with van der Waals surface area (Å²) in [6.07, 6.45) is 1.03. The molecule has 0 N–H and O–H groups in total. The van der Waals surface area contributed by atoms with Gasteiger partial charge in [0.15, 0.2) is 17.3 Å². The van der Waals surface area contributed by atoms with Crippen LogP contribution in [0.15, 0.2) is 103 Å². The Morgan fingerprint density at radius 2 is 1.43 bits per heavy atom. The lowest BCUT2D eigenvalue weighted by Gasteiger charge is -2.22. The number of benzene rings is 4. The van der Waals surface area contributed by atoms with E-state index in [1.807, 2.05) is 60.7 Å². The minimum Gasteiger partial charge on any atom is -0.493 e. The number of hydrogen-bond donors (Lipinski definition) is 0. The Hall–Kier alpha value is -5.04. The van der Waals surface area contributed by atoms with Gasteiger partial charge in [-0.2, -0.15) is 0 Å². The van der Waals surface area contributed by atoms with Crippen molar-refractivity contribution in [3.63, 3.8) is 0 Å². The molecule has 184 valence electrons. The van der Waals surface area contributed by atoms with E-state index in [-0.39, 0.29) is 17.3 Å². The van der Waals surface area contributed by atoms with Gasteiger partial charge in [-0.1, -0.05) is 42.5 Å². The van der Waals surface area contributed by atoms with Crippen LogP contribution in [0.1, 0.15) is 15.9 Å². The fourth-order valence-electron chi connectivity index (χ4n) is 3.99. The number of nitrogens with zero attached hydrogens (tertiary/aromatic N) is 1. The summed E-state index contributed by atoms with van der Waals surface area (Å²) in [5, 5.41) is 0. The van der Waals surface area contributed by atoms with Crippen LogP contribution >= 0.6 is 0 Å². The molecule has 7 nitrogen and oxygen atoms in total. The van der Waals surface area contributed by atoms with Gasteiger partial charge in [-0.05, 0) is 60.2 Å². The van der Waals surface area contributed by atoms with E-state index in [2.05, 4.69) is 0 Å². The summed E-state index contributed by atoms with van der Waals surface area (Å²) >= 11 is 0. The number of carbonyl (C=O) groups is 2. The number of allylic oxidation sites excluding steroid dienone is 1. The molecule has 0 saturated carbocycles. The highest BCUT2D eigenvalue weighted by atomic mass is 16.6. The van der Waals surface area contributed by atoms with E-state index in [0.717, 1.165) is 0 Å². The molecule has 0 fully saturated rings. The Kier molecular flexibility index (Phi) is 6.59. The third-order valence-electron chi connectivity index (χ3n) is 5.76. The molecule has 0 unspecified atom stereocenters. The van der Waals surface area contributed by atoms with Gasteiger partial charge in [0.05, 0.1) is 31.2 Å². The molecule has 0 saturated heterocycles. The number of fused-ring (bicyclic) bond motifs is 1. The minimum absolute atomic E-state index is 0.154. The highest BCUT2D eigenvalue weighted by molar-refractivity contribution is 6.14. The molecule has 37 heavy (non-hydrogen) atoms. The van der Waals surface area contributed by atoms with Crippen LogP contribution in [-0.4, -0.2) is 26.1 Å². The summed E-state index contributed by atoms with van der Waals surface area (Å²) in [5.41, 5.74) is 2.41. The fourth-order valence-corrected chi connectivity index (χ4v) is 3.99. The van der Waals surface area contributed by atoms with Gasteiger partial charge < -0.3 is 18.9 Å². The summed E-state index contributed by atoms with van der Waals surface area (Å²) in [7, 11) is 3.10. The van der Waals surface area contributed by atoms with Crippen molar-refractivity contribution in [3.8, 4) is 23.0 Å². The molecule has 0 atom stereocenters. The molecule has 0 radical (unpaired) electrons. The third kappa shape index (κ3) is 4.88. The first-order valence-corrected chi connectivity index (χ1v) is 11.5. The molecule has 0 bridgehead atoms. The first-order valence-electron chi connectivity index (χ1n) is 11.5. The predicted molar refractivity (Wildman–Crippen MR) is 140 cm³/mol. The van der Waals surface area contributed by atoms with E-state index in [0.29, 0.717) is 39.8 Å². The maximum absolute atomic E-state index is 13.3. The number of carbonyl (C=O) groups excluding carboxylic acids is 2. The zero-order chi connectivity index (χ0) is 25.8. The molecule has 0 spiro atoms. The van der Waals surface area contributed by atoms with Gasteiger partial charge in [0.1, 0.15) is 11.5 Å². The zero-order valence-corrected chi connectivity index (χ0v) is 20.2. The van der Waals surface area contributed by atoms with Crippen LogP contribution < -0.4 is 23.8 Å². The molecular formula is C30H23NO6. The van der Waals surface area contributed by atoms with Gasteiger partial charge in [-0.25, -0.2) is 9.69 Å². The maximum atomic E-state index is 13.3. The number of rotatable bonds is 6. The van der Waals surface area contributed by atoms with Crippen LogP contribution in [0, 0.1) is 0 Å². The van der Waals surface area contributed by atoms with Gasteiger partial charge in [0.2, 0.25) is 5.78 Å². The van der Waals surface area contributed by atoms with Crippen molar-refractivity contribution >= 4 is 29.3 Å². The number of para-hydroxylation sites is 2. The molecule has 1 aliphatic rings. The summed E-state index contributed by atoms with van der Waals surface area (Å²) in [6.45, 7) is 0. The van der Waals surface area contributed by atoms with Crippen LogP contribution in [0.25, 0.3) is 6.08 Å². The van der Waals surface area contributed by atoms with Crippen molar-refractivity contribution in [3.05, 3.63) is 114 Å². The van der Waals surface area contributed by atoms with E-state index in [9.17, 15) is 9.59 Å². The number of ketones is 1. The van der Waals surface area contributed by atoms with Gasteiger partial charge in [-0.15, -0.1) is 0 Å². The van der Waals surface area contributed by atoms with Crippen LogP contribution in [-0.2, 0) is 0 Å². The Morgan fingerprint density at radius 3 is 2.05 bits per heavy atom. The number of methoxy groups -OCH3 is 2. The summed E-state index contributed by atoms with van der Waals surface area (Å²) in [5.74, 6) is 1.57. The van der Waals surface area contributed by atoms with Crippen LogP contribution in [0.5, 0.6) is 23.0 Å².